The lowest BCUT2D eigenvalue weighted by molar-refractivity contribution is -0.138. The molecule has 6 heteroatoms. The number of aliphatic carboxylic acids is 1. The summed E-state index contributed by atoms with van der Waals surface area (Å²) in [6.07, 6.45) is 4.49. The highest BCUT2D eigenvalue weighted by Crippen LogP contribution is 2.36. The normalized spacial score (nSPS) is 17.6. The summed E-state index contributed by atoms with van der Waals surface area (Å²) in [6, 6.07) is -0.879. The Morgan fingerprint density at radius 3 is 2.78 bits per heavy atom. The highest BCUT2D eigenvalue weighted by atomic mass is 32.1. The summed E-state index contributed by atoms with van der Waals surface area (Å²) in [5.41, 5.74) is 2.50. The van der Waals surface area contributed by atoms with Crippen molar-refractivity contribution in [2.24, 2.45) is 0 Å². The van der Waals surface area contributed by atoms with Gasteiger partial charge in [-0.05, 0) is 19.8 Å². The Morgan fingerprint density at radius 1 is 1.50 bits per heavy atom. The van der Waals surface area contributed by atoms with Gasteiger partial charge in [0, 0.05) is 5.92 Å². The number of carbonyl (C=O) groups is 2. The van der Waals surface area contributed by atoms with Gasteiger partial charge in [0.1, 0.15) is 10.9 Å². The van der Waals surface area contributed by atoms with Crippen LogP contribution in [0.2, 0.25) is 0 Å². The Labute approximate surface area is 109 Å². The lowest BCUT2D eigenvalue weighted by Gasteiger charge is -2.11. The molecule has 1 aromatic rings. The van der Waals surface area contributed by atoms with Gasteiger partial charge in [-0.2, -0.15) is 0 Å². The third-order valence-corrected chi connectivity index (χ3v) is 4.10. The minimum absolute atomic E-state index is 0.325. The second kappa shape index (κ2) is 5.48. The predicted molar refractivity (Wildman–Crippen MR) is 67.9 cm³/mol. The standard InChI is InChI=1S/C12H16N2O3S/c1-7(12(16)17)14-11(15)10-9(13-6-18-10)8-4-2-3-5-8/h6-8H,2-5H2,1H3,(H,14,15)(H,16,17)/t7-/m1/s1. The average molecular weight is 268 g/mol. The van der Waals surface area contributed by atoms with Crippen molar-refractivity contribution in [2.45, 2.75) is 44.6 Å². The molecule has 0 spiro atoms. The molecule has 0 saturated heterocycles. The van der Waals surface area contributed by atoms with Crippen LogP contribution >= 0.6 is 11.3 Å². The zero-order chi connectivity index (χ0) is 13.1. The average Bonchev–Trinajstić information content (AvgIpc) is 2.99. The topological polar surface area (TPSA) is 79.3 Å². The number of nitrogens with zero attached hydrogens (tertiary/aromatic N) is 1. The fourth-order valence-electron chi connectivity index (χ4n) is 2.24. The van der Waals surface area contributed by atoms with Gasteiger partial charge in [-0.15, -0.1) is 11.3 Å². The zero-order valence-electron chi connectivity index (χ0n) is 10.2. The molecule has 1 aliphatic rings. The van der Waals surface area contributed by atoms with E-state index < -0.39 is 12.0 Å². The lowest BCUT2D eigenvalue weighted by Crippen LogP contribution is -2.38. The van der Waals surface area contributed by atoms with Crippen molar-refractivity contribution in [3.05, 3.63) is 16.1 Å². The second-order valence-electron chi connectivity index (χ2n) is 4.58. The number of carbonyl (C=O) groups excluding carboxylic acids is 1. The van der Waals surface area contributed by atoms with Crippen molar-refractivity contribution in [3.8, 4) is 0 Å². The van der Waals surface area contributed by atoms with Gasteiger partial charge in [-0.1, -0.05) is 12.8 Å². The summed E-state index contributed by atoms with van der Waals surface area (Å²) in [4.78, 5) is 27.6. The van der Waals surface area contributed by atoms with E-state index in [2.05, 4.69) is 10.3 Å². The molecule has 1 aliphatic carbocycles. The quantitative estimate of drug-likeness (QED) is 0.875. The molecule has 0 aromatic carbocycles. The minimum atomic E-state index is -1.03. The first-order valence-corrected chi connectivity index (χ1v) is 6.94. The van der Waals surface area contributed by atoms with E-state index in [1.54, 1.807) is 5.51 Å². The first-order chi connectivity index (χ1) is 8.59. The van der Waals surface area contributed by atoms with Gasteiger partial charge in [-0.3, -0.25) is 9.59 Å². The molecule has 2 rings (SSSR count). The number of hydrogen-bond donors (Lipinski definition) is 2. The van der Waals surface area contributed by atoms with Gasteiger partial charge in [0.25, 0.3) is 5.91 Å². The van der Waals surface area contributed by atoms with Crippen molar-refractivity contribution < 1.29 is 14.7 Å². The molecule has 1 amide bonds. The van der Waals surface area contributed by atoms with E-state index in [-0.39, 0.29) is 5.91 Å². The smallest absolute Gasteiger partial charge is 0.325 e. The van der Waals surface area contributed by atoms with Crippen molar-refractivity contribution in [1.82, 2.24) is 10.3 Å². The predicted octanol–water partition coefficient (Wildman–Crippen LogP) is 2.00. The van der Waals surface area contributed by atoms with Crippen LogP contribution < -0.4 is 5.32 Å². The fourth-order valence-corrected chi connectivity index (χ4v) is 3.02. The van der Waals surface area contributed by atoms with Gasteiger partial charge >= 0.3 is 5.97 Å². The van der Waals surface area contributed by atoms with E-state index in [9.17, 15) is 9.59 Å². The van der Waals surface area contributed by atoms with Crippen LogP contribution in [0.5, 0.6) is 0 Å². The largest absolute Gasteiger partial charge is 0.480 e. The molecule has 0 bridgehead atoms. The first kappa shape index (κ1) is 13.0. The third-order valence-electron chi connectivity index (χ3n) is 3.26. The van der Waals surface area contributed by atoms with E-state index >= 15 is 0 Å². The Kier molecular flexibility index (Phi) is 3.96. The summed E-state index contributed by atoms with van der Waals surface area (Å²) in [7, 11) is 0. The minimum Gasteiger partial charge on any atom is -0.480 e. The van der Waals surface area contributed by atoms with Gasteiger partial charge < -0.3 is 10.4 Å². The fraction of sp³-hybridized carbons (Fsp3) is 0.583. The van der Waals surface area contributed by atoms with E-state index in [0.717, 1.165) is 18.5 Å². The monoisotopic (exact) mass is 268 g/mol. The SMILES string of the molecule is C[C@@H](NC(=O)c1scnc1C1CCCC1)C(=O)O. The van der Waals surface area contributed by atoms with Gasteiger partial charge in [0.05, 0.1) is 11.2 Å². The van der Waals surface area contributed by atoms with Crippen molar-refractivity contribution in [3.63, 3.8) is 0 Å². The molecule has 0 radical (unpaired) electrons. The summed E-state index contributed by atoms with van der Waals surface area (Å²) in [5.74, 6) is -0.998. The lowest BCUT2D eigenvalue weighted by atomic mass is 10.0. The van der Waals surface area contributed by atoms with Crippen LogP contribution in [0.4, 0.5) is 0 Å². The van der Waals surface area contributed by atoms with Gasteiger partial charge in [0.2, 0.25) is 0 Å². The molecule has 1 saturated carbocycles. The molecule has 1 aromatic heterocycles. The van der Waals surface area contributed by atoms with Crippen molar-refractivity contribution >= 4 is 23.2 Å². The maximum Gasteiger partial charge on any atom is 0.325 e. The maximum atomic E-state index is 12.0. The number of rotatable bonds is 4. The molecule has 2 N–H and O–H groups in total. The highest BCUT2D eigenvalue weighted by molar-refractivity contribution is 7.11. The molecule has 98 valence electrons. The number of amides is 1. The molecular formula is C12H16N2O3S. The molecule has 1 heterocycles. The van der Waals surface area contributed by atoms with Crippen LogP contribution in [0.3, 0.4) is 0 Å². The van der Waals surface area contributed by atoms with E-state index in [0.29, 0.717) is 10.8 Å². The van der Waals surface area contributed by atoms with E-state index in [1.807, 2.05) is 0 Å². The van der Waals surface area contributed by atoms with E-state index in [1.165, 1.54) is 31.1 Å². The number of carboxylic acid groups (broad SMARTS) is 1. The summed E-state index contributed by atoms with van der Waals surface area (Å²) < 4.78 is 0. The number of aromatic nitrogens is 1. The molecule has 1 atom stereocenters. The number of hydrogen-bond acceptors (Lipinski definition) is 4. The van der Waals surface area contributed by atoms with Crippen LogP contribution in [0, 0.1) is 0 Å². The molecule has 0 aliphatic heterocycles. The summed E-state index contributed by atoms with van der Waals surface area (Å²) in [6.45, 7) is 1.45. The van der Waals surface area contributed by atoms with E-state index in [4.69, 9.17) is 5.11 Å². The molecule has 0 unspecified atom stereocenters. The Morgan fingerprint density at radius 2 is 2.17 bits per heavy atom. The molecule has 5 nitrogen and oxygen atoms in total. The number of carboxylic acids is 1. The Balaban J connectivity index is 2.10. The molecular weight excluding hydrogens is 252 g/mol. The third kappa shape index (κ3) is 2.69. The number of nitrogens with one attached hydrogen (secondary N) is 1. The van der Waals surface area contributed by atoms with Crippen LogP contribution in [0.15, 0.2) is 5.51 Å². The maximum absolute atomic E-state index is 12.0. The first-order valence-electron chi connectivity index (χ1n) is 6.06. The molecule has 1 fully saturated rings. The summed E-state index contributed by atoms with van der Waals surface area (Å²) in [5, 5.41) is 11.3. The van der Waals surface area contributed by atoms with Crippen molar-refractivity contribution in [1.29, 1.82) is 0 Å². The molecule has 18 heavy (non-hydrogen) atoms. The van der Waals surface area contributed by atoms with Crippen LogP contribution in [-0.4, -0.2) is 28.0 Å². The van der Waals surface area contributed by atoms with Crippen LogP contribution in [0.25, 0.3) is 0 Å². The Hall–Kier alpha value is -1.43. The van der Waals surface area contributed by atoms with Crippen LogP contribution in [0.1, 0.15) is 53.9 Å². The van der Waals surface area contributed by atoms with Crippen molar-refractivity contribution in [2.75, 3.05) is 0 Å². The second-order valence-corrected chi connectivity index (χ2v) is 5.44. The zero-order valence-corrected chi connectivity index (χ0v) is 11.0. The highest BCUT2D eigenvalue weighted by Gasteiger charge is 2.26. The van der Waals surface area contributed by atoms with Crippen LogP contribution in [-0.2, 0) is 4.79 Å². The Bertz CT molecular complexity index is 452. The van der Waals surface area contributed by atoms with Gasteiger partial charge in [0.15, 0.2) is 0 Å². The number of thiazole rings is 1. The van der Waals surface area contributed by atoms with Gasteiger partial charge in [-0.25, -0.2) is 4.98 Å². The summed E-state index contributed by atoms with van der Waals surface area (Å²) >= 11 is 1.28.